The maximum atomic E-state index is 4.78. The molecule has 2 rings (SSSR count). The summed E-state index contributed by atoms with van der Waals surface area (Å²) in [5.41, 5.74) is 2.80. The summed E-state index contributed by atoms with van der Waals surface area (Å²) in [4.78, 5) is 9.39. The Morgan fingerprint density at radius 3 is 1.26 bits per heavy atom. The van der Waals surface area contributed by atoms with Crippen LogP contribution >= 0.6 is 0 Å². The predicted molar refractivity (Wildman–Crippen MR) is 194 cm³/mol. The van der Waals surface area contributed by atoms with Crippen molar-refractivity contribution >= 4 is 23.3 Å². The Hall–Kier alpha value is -2.48. The summed E-state index contributed by atoms with van der Waals surface area (Å²) in [6.45, 7) is 2.30. The molecule has 0 saturated heterocycles. The first-order chi connectivity index (χ1) is 21.4. The Balaban J connectivity index is 1.38. The Labute approximate surface area is 266 Å². The van der Waals surface area contributed by atoms with Gasteiger partial charge in [0.25, 0.3) is 0 Å². The van der Waals surface area contributed by atoms with Crippen molar-refractivity contribution in [1.82, 2.24) is 0 Å². The normalized spacial score (nSPS) is 12.2. The van der Waals surface area contributed by atoms with E-state index >= 15 is 0 Å². The Morgan fingerprint density at radius 2 is 0.837 bits per heavy atom. The van der Waals surface area contributed by atoms with Crippen molar-refractivity contribution in [3.8, 4) is 0 Å². The second kappa shape index (κ2) is 28.3. The summed E-state index contributed by atoms with van der Waals surface area (Å²) in [6, 6.07) is 20.2. The van der Waals surface area contributed by atoms with E-state index in [1.165, 1.54) is 148 Å². The summed E-state index contributed by atoms with van der Waals surface area (Å²) < 4.78 is 0. The van der Waals surface area contributed by atoms with Crippen LogP contribution in [0.5, 0.6) is 0 Å². The molecule has 43 heavy (non-hydrogen) atoms. The number of para-hydroxylation sites is 2. The van der Waals surface area contributed by atoms with Gasteiger partial charge in [0.1, 0.15) is 0 Å². The average molecular weight is 585 g/mol. The number of rotatable bonds is 28. The van der Waals surface area contributed by atoms with Gasteiger partial charge in [0.2, 0.25) is 0 Å². The van der Waals surface area contributed by atoms with Crippen LogP contribution in [0.2, 0.25) is 0 Å². The quantitative estimate of drug-likeness (QED) is 0.0702. The average Bonchev–Trinajstić information content (AvgIpc) is 3.04. The molecule has 0 aliphatic carbocycles. The fraction of sp³-hybridized carbons (Fsp3) is 0.610. The summed E-state index contributed by atoms with van der Waals surface area (Å²) in [5.74, 6) is 0. The van der Waals surface area contributed by atoms with Crippen LogP contribution in [0.3, 0.4) is 0 Å². The summed E-state index contributed by atoms with van der Waals surface area (Å²) in [7, 11) is 0. The first kappa shape index (κ1) is 36.7. The van der Waals surface area contributed by atoms with E-state index in [0.717, 1.165) is 23.5 Å². The van der Waals surface area contributed by atoms with Crippen LogP contribution in [-0.2, 0) is 0 Å². The fourth-order valence-electron chi connectivity index (χ4n) is 5.67. The molecular formula is C41H64N2. The molecule has 2 aromatic rings. The highest BCUT2D eigenvalue weighted by Crippen LogP contribution is 2.16. The van der Waals surface area contributed by atoms with Crippen molar-refractivity contribution in [1.29, 1.82) is 0 Å². The van der Waals surface area contributed by atoms with E-state index in [0.29, 0.717) is 0 Å². The standard InChI is InChI=1S/C41H64N2/c1-2-3-4-5-6-7-8-9-10-11-12-13-14-15-16-17-18-19-20-21-22-23-24-25-28-37-41(43-40-35-31-27-32-36-40)38-42-39-33-29-26-30-34-39/h26-38H,2-25H2,1H3. The smallest absolute Gasteiger partial charge is 0.0816 e. The molecule has 0 fully saturated rings. The van der Waals surface area contributed by atoms with Gasteiger partial charge < -0.3 is 0 Å². The van der Waals surface area contributed by atoms with E-state index in [1.54, 1.807) is 0 Å². The van der Waals surface area contributed by atoms with Gasteiger partial charge in [-0.1, -0.05) is 191 Å². The number of hydrogen-bond acceptors (Lipinski definition) is 2. The monoisotopic (exact) mass is 585 g/mol. The van der Waals surface area contributed by atoms with Gasteiger partial charge in [-0.25, -0.2) is 4.99 Å². The highest BCUT2D eigenvalue weighted by molar-refractivity contribution is 6.36. The van der Waals surface area contributed by atoms with Crippen molar-refractivity contribution in [2.75, 3.05) is 0 Å². The fourth-order valence-corrected chi connectivity index (χ4v) is 5.67. The predicted octanol–water partition coefficient (Wildman–Crippen LogP) is 14.1. The second-order valence-electron chi connectivity index (χ2n) is 12.4. The zero-order valence-electron chi connectivity index (χ0n) is 27.9. The molecule has 0 spiro atoms. The molecule has 0 aliphatic heterocycles. The second-order valence-corrected chi connectivity index (χ2v) is 12.4. The van der Waals surface area contributed by atoms with Crippen molar-refractivity contribution in [3.63, 3.8) is 0 Å². The molecule has 0 aromatic heterocycles. The van der Waals surface area contributed by atoms with Crippen LogP contribution in [0.15, 0.2) is 82.8 Å². The Kier molecular flexibility index (Phi) is 24.2. The first-order valence-electron chi connectivity index (χ1n) is 18.3. The Morgan fingerprint density at radius 1 is 0.465 bits per heavy atom. The van der Waals surface area contributed by atoms with Crippen molar-refractivity contribution in [3.05, 3.63) is 72.8 Å². The van der Waals surface area contributed by atoms with E-state index in [4.69, 9.17) is 4.99 Å². The van der Waals surface area contributed by atoms with Gasteiger partial charge >= 0.3 is 0 Å². The number of nitrogens with zero attached hydrogens (tertiary/aromatic N) is 2. The van der Waals surface area contributed by atoms with E-state index in [9.17, 15) is 0 Å². The zero-order valence-corrected chi connectivity index (χ0v) is 27.9. The third-order valence-electron chi connectivity index (χ3n) is 8.38. The van der Waals surface area contributed by atoms with Gasteiger partial charge in [0.05, 0.1) is 23.3 Å². The lowest BCUT2D eigenvalue weighted by Gasteiger charge is -2.04. The number of allylic oxidation sites excluding steroid dienone is 2. The molecule has 2 heteroatoms. The van der Waals surface area contributed by atoms with E-state index in [2.05, 4.69) is 24.1 Å². The maximum absolute atomic E-state index is 4.78. The van der Waals surface area contributed by atoms with Gasteiger partial charge in [-0.3, -0.25) is 4.99 Å². The van der Waals surface area contributed by atoms with Gasteiger partial charge in [0, 0.05) is 0 Å². The molecule has 0 unspecified atom stereocenters. The Bertz CT molecular complexity index is 944. The van der Waals surface area contributed by atoms with Crippen molar-refractivity contribution in [2.24, 2.45) is 9.98 Å². The minimum Gasteiger partial charge on any atom is -0.255 e. The minimum absolute atomic E-state index is 0.893. The molecule has 238 valence electrons. The molecular weight excluding hydrogens is 520 g/mol. The van der Waals surface area contributed by atoms with Gasteiger partial charge in [-0.15, -0.1) is 0 Å². The molecule has 2 aromatic carbocycles. The highest BCUT2D eigenvalue weighted by atomic mass is 14.8. The van der Waals surface area contributed by atoms with E-state index < -0.39 is 0 Å². The highest BCUT2D eigenvalue weighted by Gasteiger charge is 1.97. The topological polar surface area (TPSA) is 24.7 Å². The van der Waals surface area contributed by atoms with Gasteiger partial charge in [-0.05, 0) is 43.2 Å². The lowest BCUT2D eigenvalue weighted by molar-refractivity contribution is 0.518. The summed E-state index contributed by atoms with van der Waals surface area (Å²) in [5, 5.41) is 0. The maximum Gasteiger partial charge on any atom is 0.0816 e. The molecule has 0 N–H and O–H groups in total. The van der Waals surface area contributed by atoms with Crippen LogP contribution in [0.4, 0.5) is 11.4 Å². The first-order valence-corrected chi connectivity index (χ1v) is 18.3. The molecule has 0 bridgehead atoms. The molecule has 0 amide bonds. The van der Waals surface area contributed by atoms with Crippen LogP contribution in [0, 0.1) is 0 Å². The lowest BCUT2D eigenvalue weighted by Crippen LogP contribution is -1.94. The SMILES string of the molecule is CCCCCCCCCCCCCCCCCCCCCCCCCC=CC(C=Nc1ccccc1)=Nc1ccccc1. The largest absolute Gasteiger partial charge is 0.255 e. The van der Waals surface area contributed by atoms with Crippen LogP contribution < -0.4 is 0 Å². The third kappa shape index (κ3) is 22.7. The van der Waals surface area contributed by atoms with Gasteiger partial charge in [-0.2, -0.15) is 0 Å². The minimum atomic E-state index is 0.893. The van der Waals surface area contributed by atoms with Crippen molar-refractivity contribution < 1.29 is 0 Å². The molecule has 0 heterocycles. The lowest BCUT2D eigenvalue weighted by atomic mass is 10.0. The third-order valence-corrected chi connectivity index (χ3v) is 8.38. The molecule has 0 radical (unpaired) electrons. The molecule has 0 saturated carbocycles. The van der Waals surface area contributed by atoms with Crippen LogP contribution in [0.25, 0.3) is 0 Å². The number of unbranched alkanes of at least 4 members (excludes halogenated alkanes) is 23. The van der Waals surface area contributed by atoms with E-state index in [1.807, 2.05) is 66.9 Å². The molecule has 2 nitrogen and oxygen atoms in total. The number of benzene rings is 2. The van der Waals surface area contributed by atoms with Crippen LogP contribution in [0.1, 0.15) is 161 Å². The summed E-state index contributed by atoms with van der Waals surface area (Å²) >= 11 is 0. The molecule has 0 aliphatic rings. The van der Waals surface area contributed by atoms with Crippen LogP contribution in [-0.4, -0.2) is 11.9 Å². The zero-order chi connectivity index (χ0) is 30.3. The van der Waals surface area contributed by atoms with E-state index in [-0.39, 0.29) is 0 Å². The number of aliphatic imine (C=N–C) groups is 2. The molecule has 0 atom stereocenters. The van der Waals surface area contributed by atoms with Gasteiger partial charge in [0.15, 0.2) is 0 Å². The van der Waals surface area contributed by atoms with Crippen molar-refractivity contribution in [2.45, 2.75) is 161 Å². The number of hydrogen-bond donors (Lipinski definition) is 0. The summed E-state index contributed by atoms with van der Waals surface area (Å²) in [6.07, 6.45) is 40.3.